The molecule has 0 bridgehead atoms. The van der Waals surface area contributed by atoms with E-state index in [1.165, 1.54) is 6.07 Å². The average Bonchev–Trinajstić information content (AvgIpc) is 3.02. The van der Waals surface area contributed by atoms with Crippen molar-refractivity contribution in [2.75, 3.05) is 6.54 Å². The number of nitrogens with one attached hydrogen (secondary N) is 1. The van der Waals surface area contributed by atoms with Gasteiger partial charge in [-0.15, -0.1) is 0 Å². The van der Waals surface area contributed by atoms with Gasteiger partial charge in [-0.1, -0.05) is 43.7 Å². The zero-order chi connectivity index (χ0) is 17.6. The fourth-order valence-corrected chi connectivity index (χ4v) is 2.82. The highest BCUT2D eigenvalue weighted by Gasteiger charge is 2.17. The lowest BCUT2D eigenvalue weighted by molar-refractivity contribution is -0.131. The van der Waals surface area contributed by atoms with Gasteiger partial charge in [-0.25, -0.2) is 9.37 Å². The number of carbonyl (C=O) groups is 1. The molecule has 1 aromatic heterocycles. The molecule has 0 saturated carbocycles. The van der Waals surface area contributed by atoms with Crippen molar-refractivity contribution in [3.8, 4) is 0 Å². The normalized spacial score (nSPS) is 11.0. The number of aromatic amines is 1. The lowest BCUT2D eigenvalue weighted by atomic mass is 10.1. The maximum atomic E-state index is 13.9. The number of para-hydroxylation sites is 2. The summed E-state index contributed by atoms with van der Waals surface area (Å²) in [5.74, 6) is 0.317. The van der Waals surface area contributed by atoms with Crippen LogP contribution >= 0.6 is 0 Å². The number of amides is 1. The van der Waals surface area contributed by atoms with Crippen LogP contribution in [0.5, 0.6) is 0 Å². The number of aromatic nitrogens is 2. The summed E-state index contributed by atoms with van der Waals surface area (Å²) in [6.45, 7) is 2.97. The van der Waals surface area contributed by atoms with E-state index >= 15 is 0 Å². The summed E-state index contributed by atoms with van der Waals surface area (Å²) < 4.78 is 13.9. The molecule has 0 atom stereocenters. The number of H-pyrrole nitrogens is 1. The first kappa shape index (κ1) is 17.1. The number of benzene rings is 2. The van der Waals surface area contributed by atoms with E-state index in [0.717, 1.165) is 23.9 Å². The number of rotatable bonds is 7. The standard InChI is InChI=1S/C20H22FN3O/c1-2-3-12-24(14-15-8-4-5-9-16(15)21)20(25)13-19-22-17-10-6-7-11-18(17)23-19/h4-11H,2-3,12-14H2,1H3,(H,22,23). The number of hydrogen-bond donors (Lipinski definition) is 1. The van der Waals surface area contributed by atoms with Crippen LogP contribution in [0.4, 0.5) is 4.39 Å². The number of fused-ring (bicyclic) bond motifs is 1. The van der Waals surface area contributed by atoms with Crippen LogP contribution in [0.2, 0.25) is 0 Å². The van der Waals surface area contributed by atoms with E-state index in [1.807, 2.05) is 24.3 Å². The largest absolute Gasteiger partial charge is 0.342 e. The molecule has 3 rings (SSSR count). The number of unbranched alkanes of at least 4 members (excludes halogenated alkanes) is 1. The van der Waals surface area contributed by atoms with Gasteiger partial charge in [-0.3, -0.25) is 4.79 Å². The van der Waals surface area contributed by atoms with Crippen molar-refractivity contribution in [1.29, 1.82) is 0 Å². The molecule has 0 saturated heterocycles. The molecule has 1 amide bonds. The van der Waals surface area contributed by atoms with E-state index in [4.69, 9.17) is 0 Å². The molecule has 0 aliphatic carbocycles. The van der Waals surface area contributed by atoms with Crippen molar-refractivity contribution >= 4 is 16.9 Å². The van der Waals surface area contributed by atoms with Gasteiger partial charge in [0.25, 0.3) is 0 Å². The van der Waals surface area contributed by atoms with E-state index < -0.39 is 0 Å². The Bertz CT molecular complexity index is 826. The third-order valence-corrected chi connectivity index (χ3v) is 4.21. The van der Waals surface area contributed by atoms with Crippen LogP contribution in [-0.4, -0.2) is 27.3 Å². The van der Waals surface area contributed by atoms with Gasteiger partial charge in [-0.2, -0.15) is 0 Å². The second-order valence-electron chi connectivity index (χ2n) is 6.14. The van der Waals surface area contributed by atoms with Gasteiger partial charge in [0.15, 0.2) is 0 Å². The predicted molar refractivity (Wildman–Crippen MR) is 96.5 cm³/mol. The van der Waals surface area contributed by atoms with Crippen LogP contribution in [0.3, 0.4) is 0 Å². The second kappa shape index (κ2) is 7.92. The highest BCUT2D eigenvalue weighted by molar-refractivity contribution is 5.80. The second-order valence-corrected chi connectivity index (χ2v) is 6.14. The number of hydrogen-bond acceptors (Lipinski definition) is 2. The number of nitrogens with zero attached hydrogens (tertiary/aromatic N) is 2. The molecule has 4 nitrogen and oxygen atoms in total. The molecule has 0 fully saturated rings. The van der Waals surface area contributed by atoms with Crippen molar-refractivity contribution < 1.29 is 9.18 Å². The highest BCUT2D eigenvalue weighted by Crippen LogP contribution is 2.14. The maximum Gasteiger partial charge on any atom is 0.230 e. The molecule has 0 aliphatic rings. The topological polar surface area (TPSA) is 49.0 Å². The van der Waals surface area contributed by atoms with Crippen molar-refractivity contribution in [3.05, 3.63) is 65.7 Å². The van der Waals surface area contributed by atoms with Gasteiger partial charge in [0.05, 0.1) is 17.5 Å². The molecule has 3 aromatic rings. The van der Waals surface area contributed by atoms with E-state index in [2.05, 4.69) is 16.9 Å². The summed E-state index contributed by atoms with van der Waals surface area (Å²) in [5, 5.41) is 0. The van der Waals surface area contributed by atoms with Gasteiger partial charge in [0, 0.05) is 18.7 Å². The molecule has 130 valence electrons. The van der Waals surface area contributed by atoms with Crippen molar-refractivity contribution in [2.45, 2.75) is 32.7 Å². The molecular formula is C20H22FN3O. The molecule has 25 heavy (non-hydrogen) atoms. The number of imidazole rings is 1. The SMILES string of the molecule is CCCCN(Cc1ccccc1F)C(=O)Cc1nc2ccccc2[nH]1. The predicted octanol–water partition coefficient (Wildman–Crippen LogP) is 4.07. The fourth-order valence-electron chi connectivity index (χ4n) is 2.82. The van der Waals surface area contributed by atoms with Crippen LogP contribution in [0, 0.1) is 5.82 Å². The molecule has 0 radical (unpaired) electrons. The molecule has 0 spiro atoms. The average molecular weight is 339 g/mol. The van der Waals surface area contributed by atoms with Crippen LogP contribution < -0.4 is 0 Å². The summed E-state index contributed by atoms with van der Waals surface area (Å²) in [7, 11) is 0. The van der Waals surface area contributed by atoms with Gasteiger partial charge in [0.2, 0.25) is 5.91 Å². The van der Waals surface area contributed by atoms with E-state index in [0.29, 0.717) is 17.9 Å². The van der Waals surface area contributed by atoms with E-state index in [1.54, 1.807) is 23.1 Å². The minimum atomic E-state index is -0.277. The lowest BCUT2D eigenvalue weighted by Gasteiger charge is -2.22. The van der Waals surface area contributed by atoms with Gasteiger partial charge in [0.1, 0.15) is 11.6 Å². The Morgan fingerprint density at radius 2 is 1.92 bits per heavy atom. The molecule has 1 heterocycles. The Morgan fingerprint density at radius 1 is 1.16 bits per heavy atom. The molecule has 2 aromatic carbocycles. The first-order valence-electron chi connectivity index (χ1n) is 8.62. The smallest absolute Gasteiger partial charge is 0.230 e. The first-order valence-corrected chi connectivity index (χ1v) is 8.62. The van der Waals surface area contributed by atoms with E-state index in [-0.39, 0.29) is 24.7 Å². The minimum Gasteiger partial charge on any atom is -0.342 e. The first-order chi connectivity index (χ1) is 12.2. The van der Waals surface area contributed by atoms with Crippen LogP contribution in [0.1, 0.15) is 31.2 Å². The zero-order valence-electron chi connectivity index (χ0n) is 14.3. The lowest BCUT2D eigenvalue weighted by Crippen LogP contribution is -2.33. The number of carbonyl (C=O) groups excluding carboxylic acids is 1. The van der Waals surface area contributed by atoms with Crippen molar-refractivity contribution in [1.82, 2.24) is 14.9 Å². The molecule has 5 heteroatoms. The zero-order valence-corrected chi connectivity index (χ0v) is 14.3. The molecular weight excluding hydrogens is 317 g/mol. The maximum absolute atomic E-state index is 13.9. The summed E-state index contributed by atoms with van der Waals surface area (Å²) >= 11 is 0. The molecule has 0 aliphatic heterocycles. The summed E-state index contributed by atoms with van der Waals surface area (Å²) in [6, 6.07) is 14.3. The van der Waals surface area contributed by atoms with Crippen LogP contribution in [-0.2, 0) is 17.8 Å². The Labute approximate surface area is 146 Å². The highest BCUT2D eigenvalue weighted by atomic mass is 19.1. The minimum absolute atomic E-state index is 0.0456. The Balaban J connectivity index is 1.75. The van der Waals surface area contributed by atoms with Gasteiger partial charge >= 0.3 is 0 Å². The van der Waals surface area contributed by atoms with Crippen molar-refractivity contribution in [3.63, 3.8) is 0 Å². The Hall–Kier alpha value is -2.69. The number of halogens is 1. The van der Waals surface area contributed by atoms with Crippen molar-refractivity contribution in [2.24, 2.45) is 0 Å². The van der Waals surface area contributed by atoms with Gasteiger partial charge < -0.3 is 9.88 Å². The van der Waals surface area contributed by atoms with Gasteiger partial charge in [-0.05, 0) is 24.6 Å². The summed E-state index contributed by atoms with van der Waals surface area (Å²) in [4.78, 5) is 22.1. The van der Waals surface area contributed by atoms with E-state index in [9.17, 15) is 9.18 Å². The Kier molecular flexibility index (Phi) is 5.43. The Morgan fingerprint density at radius 3 is 2.68 bits per heavy atom. The summed E-state index contributed by atoms with van der Waals surface area (Å²) in [6.07, 6.45) is 2.05. The van der Waals surface area contributed by atoms with Crippen LogP contribution in [0.15, 0.2) is 48.5 Å². The summed E-state index contributed by atoms with van der Waals surface area (Å²) in [5.41, 5.74) is 2.30. The fraction of sp³-hybridized carbons (Fsp3) is 0.300. The molecule has 0 unspecified atom stereocenters. The third kappa shape index (κ3) is 4.24. The van der Waals surface area contributed by atoms with Crippen LogP contribution in [0.25, 0.3) is 11.0 Å². The monoisotopic (exact) mass is 339 g/mol. The molecule has 1 N–H and O–H groups in total. The quantitative estimate of drug-likeness (QED) is 0.705. The third-order valence-electron chi connectivity index (χ3n) is 4.21.